The molecule has 100 valence electrons. The molecule has 0 saturated heterocycles. The van der Waals surface area contributed by atoms with Crippen molar-refractivity contribution in [2.45, 2.75) is 18.0 Å². The van der Waals surface area contributed by atoms with E-state index in [1.54, 1.807) is 0 Å². The Balaban J connectivity index is 3.75. The van der Waals surface area contributed by atoms with Gasteiger partial charge in [0, 0.05) is 11.8 Å². The molecule has 1 aromatic rings. The highest BCUT2D eigenvalue weighted by Gasteiger charge is 2.36. The number of aryl methyl sites for hydroxylation is 1. The van der Waals surface area contributed by atoms with Gasteiger partial charge in [-0.05, 0) is 24.6 Å². The molecule has 0 aliphatic heterocycles. The first kappa shape index (κ1) is 14.5. The number of benzene rings is 1. The number of carbonyl (C=O) groups is 1. The predicted molar refractivity (Wildman–Crippen MR) is 53.6 cm³/mol. The zero-order valence-corrected chi connectivity index (χ0v) is 10.1. The molecule has 0 fully saturated rings. The van der Waals surface area contributed by atoms with E-state index in [4.69, 9.17) is 0 Å². The minimum absolute atomic E-state index is 0.213. The van der Waals surface area contributed by atoms with Gasteiger partial charge in [-0.1, -0.05) is 0 Å². The van der Waals surface area contributed by atoms with E-state index < -0.39 is 38.0 Å². The van der Waals surface area contributed by atoms with Gasteiger partial charge in [-0.15, -0.1) is 0 Å². The summed E-state index contributed by atoms with van der Waals surface area (Å²) in [5.41, 5.74) is -2.18. The number of sulfone groups is 1. The number of carbonyl (C=O) groups excluding carboxylic acids is 1. The number of halogens is 3. The summed E-state index contributed by atoms with van der Waals surface area (Å²) in [6.45, 7) is 1.13. The van der Waals surface area contributed by atoms with Crippen molar-refractivity contribution in [3.8, 4) is 0 Å². The molecule has 0 amide bonds. The second-order valence-electron chi connectivity index (χ2n) is 3.72. The fourth-order valence-electron chi connectivity index (χ4n) is 1.44. The van der Waals surface area contributed by atoms with E-state index in [-0.39, 0.29) is 5.56 Å². The molecule has 0 radical (unpaired) electrons. The normalized spacial score (nSPS) is 12.5. The summed E-state index contributed by atoms with van der Waals surface area (Å²) >= 11 is 0. The molecule has 4 nitrogen and oxygen atoms in total. The highest BCUT2D eigenvalue weighted by atomic mass is 32.2. The van der Waals surface area contributed by atoms with E-state index in [1.165, 1.54) is 0 Å². The molecule has 8 heteroatoms. The van der Waals surface area contributed by atoms with Crippen molar-refractivity contribution in [3.05, 3.63) is 28.8 Å². The second kappa shape index (κ2) is 4.27. The average molecular weight is 281 g/mol. The van der Waals surface area contributed by atoms with E-state index in [9.17, 15) is 31.5 Å². The lowest BCUT2D eigenvalue weighted by atomic mass is 10.0. The van der Waals surface area contributed by atoms with Crippen molar-refractivity contribution < 1.29 is 31.5 Å². The van der Waals surface area contributed by atoms with Crippen LogP contribution in [0.25, 0.3) is 0 Å². The molecule has 0 aliphatic carbocycles. The quantitative estimate of drug-likeness (QED) is 0.803. The van der Waals surface area contributed by atoms with Gasteiger partial charge in [0.25, 0.3) is 0 Å². The lowest BCUT2D eigenvalue weighted by Crippen LogP contribution is -2.25. The number of aromatic carboxylic acids is 1. The summed E-state index contributed by atoms with van der Waals surface area (Å²) in [5, 5.41) is 10.7. The molecule has 0 heterocycles. The lowest BCUT2D eigenvalue weighted by molar-refractivity contribution is -0.255. The fraction of sp³-hybridized carbons (Fsp3) is 0.300. The van der Waals surface area contributed by atoms with Crippen LogP contribution in [0.15, 0.2) is 17.0 Å². The smallest absolute Gasteiger partial charge is 0.417 e. The number of alkyl halides is 3. The van der Waals surface area contributed by atoms with Gasteiger partial charge >= 0.3 is 6.18 Å². The van der Waals surface area contributed by atoms with Gasteiger partial charge in [-0.25, -0.2) is 8.42 Å². The summed E-state index contributed by atoms with van der Waals surface area (Å²) in [5.74, 6) is -1.73. The van der Waals surface area contributed by atoms with E-state index in [1.807, 2.05) is 0 Å². The monoisotopic (exact) mass is 281 g/mol. The third-order valence-corrected chi connectivity index (χ3v) is 3.39. The average Bonchev–Trinajstić information content (AvgIpc) is 2.13. The van der Waals surface area contributed by atoms with Gasteiger partial charge in [0.05, 0.1) is 16.4 Å². The molecule has 0 spiro atoms. The molecular formula is C10H8F3O4S-. The maximum atomic E-state index is 12.7. The minimum Gasteiger partial charge on any atom is -0.545 e. The fourth-order valence-corrected chi connectivity index (χ4v) is 2.34. The SMILES string of the molecule is Cc1cc(C(F)(F)F)c(S(C)(=O)=O)cc1C(=O)[O-]. The zero-order valence-electron chi connectivity index (χ0n) is 9.33. The van der Waals surface area contributed by atoms with Crippen molar-refractivity contribution in [1.29, 1.82) is 0 Å². The summed E-state index contributed by atoms with van der Waals surface area (Å²) in [7, 11) is -4.20. The van der Waals surface area contributed by atoms with Crippen molar-refractivity contribution in [3.63, 3.8) is 0 Å². The van der Waals surface area contributed by atoms with Crippen LogP contribution in [0.3, 0.4) is 0 Å². The second-order valence-corrected chi connectivity index (χ2v) is 5.70. The summed E-state index contributed by atoms with van der Waals surface area (Å²) in [4.78, 5) is 9.61. The Labute approximate surface area is 101 Å². The first-order chi connectivity index (χ1) is 7.94. The van der Waals surface area contributed by atoms with Crippen molar-refractivity contribution in [2.75, 3.05) is 6.26 Å². The largest absolute Gasteiger partial charge is 0.545 e. The first-order valence-corrected chi connectivity index (χ1v) is 6.47. The first-order valence-electron chi connectivity index (χ1n) is 4.58. The molecule has 0 bridgehead atoms. The maximum absolute atomic E-state index is 12.7. The van der Waals surface area contributed by atoms with Crippen LogP contribution in [0.4, 0.5) is 13.2 Å². The van der Waals surface area contributed by atoms with E-state index in [0.29, 0.717) is 18.4 Å². The molecule has 0 saturated carbocycles. The van der Waals surface area contributed by atoms with Crippen molar-refractivity contribution >= 4 is 15.8 Å². The van der Waals surface area contributed by atoms with Crippen LogP contribution in [-0.2, 0) is 16.0 Å². The van der Waals surface area contributed by atoms with Gasteiger partial charge in [0.15, 0.2) is 9.84 Å². The summed E-state index contributed by atoms with van der Waals surface area (Å²) in [6, 6.07) is 0.963. The number of hydrogen-bond acceptors (Lipinski definition) is 4. The summed E-state index contributed by atoms with van der Waals surface area (Å²) in [6.07, 6.45) is -4.31. The van der Waals surface area contributed by atoms with Gasteiger partial charge in [0.1, 0.15) is 0 Å². The number of carboxylic acids is 1. The molecule has 0 aromatic heterocycles. The van der Waals surface area contributed by atoms with E-state index >= 15 is 0 Å². The Bertz CT molecular complexity index is 602. The Morgan fingerprint density at radius 2 is 1.78 bits per heavy atom. The summed E-state index contributed by atoms with van der Waals surface area (Å²) < 4.78 is 60.5. The van der Waals surface area contributed by atoms with Gasteiger partial charge < -0.3 is 9.90 Å². The van der Waals surface area contributed by atoms with Crippen LogP contribution in [0.1, 0.15) is 21.5 Å². The Hall–Kier alpha value is -1.57. The molecule has 1 rings (SSSR count). The topological polar surface area (TPSA) is 74.3 Å². The van der Waals surface area contributed by atoms with Gasteiger partial charge in [-0.3, -0.25) is 0 Å². The van der Waals surface area contributed by atoms with Gasteiger partial charge in [0.2, 0.25) is 0 Å². The molecular weight excluding hydrogens is 273 g/mol. The Kier molecular flexibility index (Phi) is 3.44. The molecule has 18 heavy (non-hydrogen) atoms. The number of carboxylic acid groups (broad SMARTS) is 1. The van der Waals surface area contributed by atoms with Crippen molar-refractivity contribution in [2.24, 2.45) is 0 Å². The highest BCUT2D eigenvalue weighted by Crippen LogP contribution is 2.35. The lowest BCUT2D eigenvalue weighted by Gasteiger charge is -2.16. The standard InChI is InChI=1S/C10H9F3O4S/c1-5-3-7(10(11,12)13)8(18(2,16)17)4-6(5)9(14)15/h3-4H,1-2H3,(H,14,15)/p-1. The van der Waals surface area contributed by atoms with Crippen LogP contribution in [0.5, 0.6) is 0 Å². The van der Waals surface area contributed by atoms with E-state index in [2.05, 4.69) is 0 Å². The Morgan fingerprint density at radius 3 is 2.11 bits per heavy atom. The molecule has 0 aliphatic rings. The zero-order chi connectivity index (χ0) is 14.3. The van der Waals surface area contributed by atoms with Crippen LogP contribution < -0.4 is 5.11 Å². The number of rotatable bonds is 2. The maximum Gasteiger partial charge on any atom is 0.417 e. The minimum atomic E-state index is -4.88. The molecule has 0 N–H and O–H groups in total. The number of hydrogen-bond donors (Lipinski definition) is 0. The van der Waals surface area contributed by atoms with Crippen LogP contribution in [-0.4, -0.2) is 20.6 Å². The van der Waals surface area contributed by atoms with Crippen LogP contribution >= 0.6 is 0 Å². The molecule has 1 aromatic carbocycles. The van der Waals surface area contributed by atoms with E-state index in [0.717, 1.165) is 6.92 Å². The van der Waals surface area contributed by atoms with Crippen LogP contribution in [0.2, 0.25) is 0 Å². The third kappa shape index (κ3) is 2.81. The predicted octanol–water partition coefficient (Wildman–Crippen LogP) is 0.781. The Morgan fingerprint density at radius 1 is 1.28 bits per heavy atom. The third-order valence-electron chi connectivity index (χ3n) is 2.25. The molecule has 0 unspecified atom stereocenters. The highest BCUT2D eigenvalue weighted by molar-refractivity contribution is 7.90. The van der Waals surface area contributed by atoms with Gasteiger partial charge in [-0.2, -0.15) is 13.2 Å². The van der Waals surface area contributed by atoms with Crippen LogP contribution in [0, 0.1) is 6.92 Å². The van der Waals surface area contributed by atoms with Crippen molar-refractivity contribution in [1.82, 2.24) is 0 Å². The molecule has 0 atom stereocenters.